The summed E-state index contributed by atoms with van der Waals surface area (Å²) in [5.41, 5.74) is 2.54. The summed E-state index contributed by atoms with van der Waals surface area (Å²) in [5, 5.41) is 0. The van der Waals surface area contributed by atoms with Crippen LogP contribution in [0.2, 0.25) is 0 Å². The van der Waals surface area contributed by atoms with Gasteiger partial charge >= 0.3 is 0 Å². The molecule has 224 valence electrons. The Morgan fingerprint density at radius 1 is 0.512 bits per heavy atom. The Labute approximate surface area is 253 Å². The van der Waals surface area contributed by atoms with Gasteiger partial charge in [0, 0.05) is 6.42 Å². The van der Waals surface area contributed by atoms with E-state index < -0.39 is 0 Å². The van der Waals surface area contributed by atoms with E-state index in [1.54, 1.807) is 6.21 Å². The Kier molecular flexibility index (Phi) is 22.1. The topological polar surface area (TPSA) is 24.7 Å². The van der Waals surface area contributed by atoms with Crippen molar-refractivity contribution in [1.29, 1.82) is 0 Å². The van der Waals surface area contributed by atoms with Crippen molar-refractivity contribution in [2.24, 2.45) is 9.98 Å². The van der Waals surface area contributed by atoms with Crippen LogP contribution in [0.4, 0.5) is 11.4 Å². The summed E-state index contributed by atoms with van der Waals surface area (Å²) in [7, 11) is 0. The standard InChI is InChI=1S/C39H58N2/c1-2-3-4-5-6-7-8-9-10-11-12-13-14-15-16-17-18-19-20-21-22-23-26-35-39(41-38-33-29-25-30-34-38)36-40-37-31-27-24-28-32-37/h24-25,27-34,36H,2-23H2,1H3. The lowest BCUT2D eigenvalue weighted by Crippen LogP contribution is -1.95. The number of para-hydroxylation sites is 2. The molecule has 0 saturated heterocycles. The predicted octanol–water partition coefficient (Wildman–Crippen LogP) is 12.8. The number of aliphatic imine (C=N–C) groups is 2. The first-order valence-electron chi connectivity index (χ1n) is 17.1. The first-order chi connectivity index (χ1) is 20.4. The van der Waals surface area contributed by atoms with Gasteiger partial charge in [0.05, 0.1) is 17.6 Å². The lowest BCUT2D eigenvalue weighted by Gasteiger charge is -2.04. The summed E-state index contributed by atoms with van der Waals surface area (Å²) in [6, 6.07) is 20.0. The minimum Gasteiger partial charge on any atom is -0.254 e. The lowest BCUT2D eigenvalue weighted by molar-refractivity contribution is 0.520. The molecule has 0 fully saturated rings. The zero-order valence-corrected chi connectivity index (χ0v) is 26.3. The zero-order chi connectivity index (χ0) is 28.9. The summed E-state index contributed by atoms with van der Waals surface area (Å²) in [4.78, 5) is 9.25. The Balaban J connectivity index is 1.43. The normalized spacial score (nSPS) is 11.6. The molecule has 2 rings (SSSR count). The van der Waals surface area contributed by atoms with Gasteiger partial charge in [0.25, 0.3) is 0 Å². The molecule has 0 amide bonds. The average Bonchev–Trinajstić information content (AvgIpc) is 3.01. The van der Waals surface area contributed by atoms with Crippen molar-refractivity contribution < 1.29 is 0 Å². The molecule has 0 unspecified atom stereocenters. The van der Waals surface area contributed by atoms with Crippen molar-refractivity contribution in [3.63, 3.8) is 0 Å². The predicted molar refractivity (Wildman–Crippen MR) is 183 cm³/mol. The molecule has 0 aliphatic carbocycles. The molecule has 0 heterocycles. The highest BCUT2D eigenvalue weighted by atomic mass is 14.8. The quantitative estimate of drug-likeness (QED) is 0.0700. The van der Waals surface area contributed by atoms with Crippen LogP contribution in [-0.4, -0.2) is 11.9 Å². The molecular formula is C39H58N2. The second-order valence-electron chi connectivity index (χ2n) is 11.5. The minimum atomic E-state index is 0.712. The largest absolute Gasteiger partial charge is 0.254 e. The van der Waals surface area contributed by atoms with Crippen LogP contribution < -0.4 is 0 Å². The van der Waals surface area contributed by atoms with E-state index in [9.17, 15) is 0 Å². The number of unbranched alkanes of at least 4 members (excludes halogenated alkanes) is 21. The first kappa shape index (κ1) is 34.5. The van der Waals surface area contributed by atoms with E-state index in [0.717, 1.165) is 17.8 Å². The molecule has 0 bridgehead atoms. The molecule has 0 N–H and O–H groups in total. The van der Waals surface area contributed by atoms with Gasteiger partial charge in [0.1, 0.15) is 5.71 Å². The third kappa shape index (κ3) is 20.8. The van der Waals surface area contributed by atoms with Gasteiger partial charge in [0.2, 0.25) is 0 Å². The second kappa shape index (κ2) is 26.3. The third-order valence-corrected chi connectivity index (χ3v) is 7.72. The summed E-state index contributed by atoms with van der Waals surface area (Å²) in [6.07, 6.45) is 32.4. The molecule has 0 aliphatic rings. The molecular weight excluding hydrogens is 496 g/mol. The molecule has 0 atom stereocenters. The van der Waals surface area contributed by atoms with Gasteiger partial charge in [-0.2, -0.15) is 0 Å². The van der Waals surface area contributed by atoms with Crippen molar-refractivity contribution >= 4 is 23.3 Å². The fourth-order valence-electron chi connectivity index (χ4n) is 5.18. The molecule has 0 aliphatic heterocycles. The van der Waals surface area contributed by atoms with Crippen LogP contribution in [0, 0.1) is 11.8 Å². The summed E-state index contributed by atoms with van der Waals surface area (Å²) >= 11 is 0. The van der Waals surface area contributed by atoms with Crippen molar-refractivity contribution in [2.75, 3.05) is 0 Å². The van der Waals surface area contributed by atoms with E-state index in [2.05, 4.69) is 23.8 Å². The molecule has 0 aromatic heterocycles. The smallest absolute Gasteiger partial charge is 0.132 e. The summed E-state index contributed by atoms with van der Waals surface area (Å²) in [5.74, 6) is 6.58. The van der Waals surface area contributed by atoms with E-state index in [1.165, 1.54) is 135 Å². The van der Waals surface area contributed by atoms with Crippen LogP contribution in [0.25, 0.3) is 0 Å². The lowest BCUT2D eigenvalue weighted by atomic mass is 10.0. The second-order valence-corrected chi connectivity index (χ2v) is 11.5. The van der Waals surface area contributed by atoms with Crippen LogP contribution in [0.5, 0.6) is 0 Å². The molecule has 41 heavy (non-hydrogen) atoms. The van der Waals surface area contributed by atoms with E-state index in [4.69, 9.17) is 4.99 Å². The Bertz CT molecular complexity index is 965. The molecule has 0 spiro atoms. The molecule has 2 aromatic carbocycles. The molecule has 0 radical (unpaired) electrons. The Morgan fingerprint density at radius 2 is 0.902 bits per heavy atom. The highest BCUT2D eigenvalue weighted by molar-refractivity contribution is 6.39. The van der Waals surface area contributed by atoms with Gasteiger partial charge in [-0.25, -0.2) is 4.99 Å². The van der Waals surface area contributed by atoms with Crippen molar-refractivity contribution in [3.8, 4) is 11.8 Å². The van der Waals surface area contributed by atoms with Gasteiger partial charge in [-0.15, -0.1) is 0 Å². The summed E-state index contributed by atoms with van der Waals surface area (Å²) in [6.45, 7) is 2.30. The van der Waals surface area contributed by atoms with Crippen molar-refractivity contribution in [2.45, 2.75) is 148 Å². The fraction of sp³-hybridized carbons (Fsp3) is 0.590. The zero-order valence-electron chi connectivity index (χ0n) is 26.3. The maximum atomic E-state index is 4.69. The summed E-state index contributed by atoms with van der Waals surface area (Å²) < 4.78 is 0. The Hall–Kier alpha value is -2.66. The monoisotopic (exact) mass is 554 g/mol. The highest BCUT2D eigenvalue weighted by Gasteiger charge is 1.97. The molecule has 0 saturated carbocycles. The van der Waals surface area contributed by atoms with Crippen LogP contribution in [0.1, 0.15) is 148 Å². The number of nitrogens with zero attached hydrogens (tertiary/aromatic N) is 2. The fourth-order valence-corrected chi connectivity index (χ4v) is 5.18. The van der Waals surface area contributed by atoms with Gasteiger partial charge in [-0.3, -0.25) is 4.99 Å². The molecule has 2 nitrogen and oxygen atoms in total. The van der Waals surface area contributed by atoms with Crippen LogP contribution in [0.3, 0.4) is 0 Å². The highest BCUT2D eigenvalue weighted by Crippen LogP contribution is 2.16. The Morgan fingerprint density at radius 3 is 1.34 bits per heavy atom. The van der Waals surface area contributed by atoms with Crippen molar-refractivity contribution in [1.82, 2.24) is 0 Å². The number of benzene rings is 2. The van der Waals surface area contributed by atoms with Gasteiger partial charge < -0.3 is 0 Å². The van der Waals surface area contributed by atoms with Gasteiger partial charge in [-0.1, -0.05) is 178 Å². The maximum absolute atomic E-state index is 4.69. The SMILES string of the molecule is CCCCCCCCCCCCCCCCCCCCCCCC#CC(C=Nc1ccccc1)=Nc1ccccc1. The van der Waals surface area contributed by atoms with Gasteiger partial charge in [0.15, 0.2) is 0 Å². The van der Waals surface area contributed by atoms with Crippen LogP contribution in [0.15, 0.2) is 70.6 Å². The molecule has 2 heteroatoms. The average molecular weight is 555 g/mol. The molecule has 2 aromatic rings. The van der Waals surface area contributed by atoms with E-state index >= 15 is 0 Å². The third-order valence-electron chi connectivity index (χ3n) is 7.72. The van der Waals surface area contributed by atoms with Crippen molar-refractivity contribution in [3.05, 3.63) is 60.7 Å². The van der Waals surface area contributed by atoms with Crippen LogP contribution in [-0.2, 0) is 0 Å². The number of rotatable bonds is 24. The van der Waals surface area contributed by atoms with E-state index in [1.807, 2.05) is 60.7 Å². The number of hydrogen-bond donors (Lipinski definition) is 0. The van der Waals surface area contributed by atoms with Crippen LogP contribution >= 0.6 is 0 Å². The van der Waals surface area contributed by atoms with E-state index in [-0.39, 0.29) is 0 Å². The maximum Gasteiger partial charge on any atom is 0.132 e. The van der Waals surface area contributed by atoms with Gasteiger partial charge in [-0.05, 0) is 36.6 Å². The first-order valence-corrected chi connectivity index (χ1v) is 17.1. The number of hydrogen-bond acceptors (Lipinski definition) is 2. The minimum absolute atomic E-state index is 0.712. The van der Waals surface area contributed by atoms with E-state index in [0.29, 0.717) is 5.71 Å².